The zero-order valence-corrected chi connectivity index (χ0v) is 7.19. The van der Waals surface area contributed by atoms with Gasteiger partial charge < -0.3 is 9.63 Å². The molecule has 0 amide bonds. The van der Waals surface area contributed by atoms with Gasteiger partial charge in [0.05, 0.1) is 6.20 Å². The summed E-state index contributed by atoms with van der Waals surface area (Å²) in [6, 6.07) is 0. The molecule has 1 aliphatic rings. The highest BCUT2D eigenvalue weighted by Gasteiger charge is 2.23. The van der Waals surface area contributed by atoms with E-state index in [4.69, 9.17) is 9.63 Å². The molecule has 1 unspecified atom stereocenters. The summed E-state index contributed by atoms with van der Waals surface area (Å²) in [5.74, 6) is 0.364. The highest BCUT2D eigenvalue weighted by molar-refractivity contribution is 5.67. The Morgan fingerprint density at radius 3 is 3.38 bits per heavy atom. The van der Waals surface area contributed by atoms with Crippen molar-refractivity contribution in [1.82, 2.24) is 5.16 Å². The van der Waals surface area contributed by atoms with Crippen LogP contribution in [0.15, 0.2) is 10.7 Å². The lowest BCUT2D eigenvalue weighted by Crippen LogP contribution is -2.16. The summed E-state index contributed by atoms with van der Waals surface area (Å²) in [7, 11) is 0. The van der Waals surface area contributed by atoms with Crippen molar-refractivity contribution in [3.05, 3.63) is 17.5 Å². The van der Waals surface area contributed by atoms with Gasteiger partial charge in [-0.1, -0.05) is 5.16 Å². The fourth-order valence-corrected chi connectivity index (χ4v) is 1.80. The molecule has 0 saturated carbocycles. The van der Waals surface area contributed by atoms with E-state index >= 15 is 0 Å². The van der Waals surface area contributed by atoms with Gasteiger partial charge in [-0.3, -0.25) is 4.79 Å². The van der Waals surface area contributed by atoms with Crippen LogP contribution >= 0.6 is 0 Å². The normalized spacial score (nSPS) is 21.1. The lowest BCUT2D eigenvalue weighted by Gasteiger charge is -2.17. The summed E-state index contributed by atoms with van der Waals surface area (Å²) in [6.07, 6.45) is 4.52. The van der Waals surface area contributed by atoms with Crippen LogP contribution in [0, 0.1) is 5.92 Å². The molecule has 1 heterocycles. The quantitative estimate of drug-likeness (QED) is 0.745. The number of rotatable bonds is 2. The number of hydrogen-bond acceptors (Lipinski definition) is 3. The third-order valence-corrected chi connectivity index (χ3v) is 2.49. The molecule has 0 radical (unpaired) electrons. The molecule has 1 atom stereocenters. The second kappa shape index (κ2) is 3.20. The topological polar surface area (TPSA) is 63.3 Å². The average Bonchev–Trinajstić information content (AvgIpc) is 2.49. The van der Waals surface area contributed by atoms with E-state index in [1.807, 2.05) is 0 Å². The van der Waals surface area contributed by atoms with Crippen LogP contribution in [0.1, 0.15) is 24.2 Å². The number of aliphatic carboxylic acids is 1. The minimum atomic E-state index is -0.729. The van der Waals surface area contributed by atoms with Crippen molar-refractivity contribution in [3.8, 4) is 0 Å². The van der Waals surface area contributed by atoms with Gasteiger partial charge in [0, 0.05) is 18.4 Å². The summed E-state index contributed by atoms with van der Waals surface area (Å²) in [6.45, 7) is 0. The molecule has 1 N–H and O–H groups in total. The second-order valence-electron chi connectivity index (χ2n) is 3.48. The molecule has 13 heavy (non-hydrogen) atoms. The monoisotopic (exact) mass is 181 g/mol. The van der Waals surface area contributed by atoms with E-state index in [1.54, 1.807) is 6.20 Å². The molecule has 4 nitrogen and oxygen atoms in total. The molecule has 0 aromatic carbocycles. The lowest BCUT2D eigenvalue weighted by atomic mass is 9.86. The fraction of sp³-hybridized carbons (Fsp3) is 0.556. The SMILES string of the molecule is O=C(O)CC1CCc2cnoc2C1. The summed E-state index contributed by atoms with van der Waals surface area (Å²) in [5.41, 5.74) is 1.14. The Morgan fingerprint density at radius 1 is 1.77 bits per heavy atom. The van der Waals surface area contributed by atoms with Gasteiger partial charge in [-0.25, -0.2) is 0 Å². The molecule has 0 aliphatic heterocycles. The molecule has 0 bridgehead atoms. The Hall–Kier alpha value is -1.32. The maximum absolute atomic E-state index is 10.5. The Bertz CT molecular complexity index is 318. The van der Waals surface area contributed by atoms with Gasteiger partial charge in [0.1, 0.15) is 5.76 Å². The van der Waals surface area contributed by atoms with E-state index in [-0.39, 0.29) is 12.3 Å². The largest absolute Gasteiger partial charge is 0.481 e. The zero-order valence-electron chi connectivity index (χ0n) is 7.19. The van der Waals surface area contributed by atoms with Gasteiger partial charge >= 0.3 is 5.97 Å². The standard InChI is InChI=1S/C9H11NO3/c11-9(12)4-6-1-2-7-5-10-13-8(7)3-6/h5-6H,1-4H2,(H,11,12). The van der Waals surface area contributed by atoms with Crippen LogP contribution in [-0.2, 0) is 17.6 Å². The first-order chi connectivity index (χ1) is 6.25. The van der Waals surface area contributed by atoms with Gasteiger partial charge in [0.15, 0.2) is 0 Å². The van der Waals surface area contributed by atoms with E-state index in [0.717, 1.165) is 30.6 Å². The first-order valence-electron chi connectivity index (χ1n) is 4.40. The van der Waals surface area contributed by atoms with E-state index in [1.165, 1.54) is 0 Å². The minimum Gasteiger partial charge on any atom is -0.481 e. The Balaban J connectivity index is 2.04. The van der Waals surface area contributed by atoms with Crippen molar-refractivity contribution in [2.24, 2.45) is 5.92 Å². The first-order valence-corrected chi connectivity index (χ1v) is 4.40. The average molecular weight is 181 g/mol. The number of hydrogen-bond donors (Lipinski definition) is 1. The fourth-order valence-electron chi connectivity index (χ4n) is 1.80. The van der Waals surface area contributed by atoms with Crippen molar-refractivity contribution >= 4 is 5.97 Å². The molecule has 0 saturated heterocycles. The van der Waals surface area contributed by atoms with Gasteiger partial charge in [0.2, 0.25) is 0 Å². The van der Waals surface area contributed by atoms with Crippen LogP contribution in [0.4, 0.5) is 0 Å². The number of aryl methyl sites for hydroxylation is 1. The van der Waals surface area contributed by atoms with Gasteiger partial charge in [0.25, 0.3) is 0 Å². The van der Waals surface area contributed by atoms with Gasteiger partial charge in [-0.05, 0) is 18.8 Å². The Kier molecular flexibility index (Phi) is 2.04. The summed E-state index contributed by atoms with van der Waals surface area (Å²) in [5, 5.41) is 12.3. The second-order valence-corrected chi connectivity index (χ2v) is 3.48. The third-order valence-electron chi connectivity index (χ3n) is 2.49. The molecule has 0 fully saturated rings. The smallest absolute Gasteiger partial charge is 0.303 e. The van der Waals surface area contributed by atoms with E-state index in [2.05, 4.69) is 5.16 Å². The van der Waals surface area contributed by atoms with E-state index < -0.39 is 5.97 Å². The van der Waals surface area contributed by atoms with Crippen molar-refractivity contribution in [3.63, 3.8) is 0 Å². The molecule has 0 spiro atoms. The predicted molar refractivity (Wildman–Crippen MR) is 44.3 cm³/mol. The number of carboxylic acids is 1. The summed E-state index contributed by atoms with van der Waals surface area (Å²) >= 11 is 0. The zero-order chi connectivity index (χ0) is 9.26. The maximum Gasteiger partial charge on any atom is 0.303 e. The number of nitrogens with zero attached hydrogens (tertiary/aromatic N) is 1. The first kappa shape index (κ1) is 8.29. The molecule has 1 aromatic heterocycles. The molecule has 1 aliphatic carbocycles. The molecule has 1 aromatic rings. The number of aromatic nitrogens is 1. The van der Waals surface area contributed by atoms with Crippen LogP contribution in [0.3, 0.4) is 0 Å². The molecular weight excluding hydrogens is 170 g/mol. The van der Waals surface area contributed by atoms with E-state index in [0.29, 0.717) is 0 Å². The molecule has 2 rings (SSSR count). The van der Waals surface area contributed by atoms with Crippen molar-refractivity contribution < 1.29 is 14.4 Å². The van der Waals surface area contributed by atoms with E-state index in [9.17, 15) is 4.79 Å². The van der Waals surface area contributed by atoms with Crippen molar-refractivity contribution in [2.45, 2.75) is 25.7 Å². The third kappa shape index (κ3) is 1.71. The highest BCUT2D eigenvalue weighted by Crippen LogP contribution is 2.26. The molecular formula is C9H11NO3. The molecule has 70 valence electrons. The summed E-state index contributed by atoms with van der Waals surface area (Å²) < 4.78 is 5.02. The minimum absolute atomic E-state index is 0.220. The van der Waals surface area contributed by atoms with Crippen LogP contribution in [0.25, 0.3) is 0 Å². The number of fused-ring (bicyclic) bond motifs is 1. The predicted octanol–water partition coefficient (Wildman–Crippen LogP) is 1.25. The van der Waals surface area contributed by atoms with Crippen LogP contribution in [0.5, 0.6) is 0 Å². The van der Waals surface area contributed by atoms with Crippen LogP contribution in [-0.4, -0.2) is 16.2 Å². The van der Waals surface area contributed by atoms with Crippen LogP contribution < -0.4 is 0 Å². The van der Waals surface area contributed by atoms with Gasteiger partial charge in [-0.2, -0.15) is 0 Å². The number of carbonyl (C=O) groups is 1. The van der Waals surface area contributed by atoms with Crippen molar-refractivity contribution in [2.75, 3.05) is 0 Å². The summed E-state index contributed by atoms with van der Waals surface area (Å²) in [4.78, 5) is 10.5. The maximum atomic E-state index is 10.5. The van der Waals surface area contributed by atoms with Crippen molar-refractivity contribution in [1.29, 1.82) is 0 Å². The lowest BCUT2D eigenvalue weighted by molar-refractivity contribution is -0.138. The van der Waals surface area contributed by atoms with Gasteiger partial charge in [-0.15, -0.1) is 0 Å². The van der Waals surface area contributed by atoms with Crippen LogP contribution in [0.2, 0.25) is 0 Å². The number of carboxylic acid groups (broad SMARTS) is 1. The molecule has 4 heteroatoms. The Labute approximate surface area is 75.5 Å². The highest BCUT2D eigenvalue weighted by atomic mass is 16.5. The Morgan fingerprint density at radius 2 is 2.62 bits per heavy atom.